The van der Waals surface area contributed by atoms with Gasteiger partial charge in [0.1, 0.15) is 0 Å². The van der Waals surface area contributed by atoms with Crippen LogP contribution in [0.3, 0.4) is 0 Å². The molecule has 0 fully saturated rings. The van der Waals surface area contributed by atoms with Crippen LogP contribution in [0.2, 0.25) is 5.02 Å². The summed E-state index contributed by atoms with van der Waals surface area (Å²) < 4.78 is 1.00. The molecule has 18 heavy (non-hydrogen) atoms. The van der Waals surface area contributed by atoms with Crippen LogP contribution in [0.4, 0.5) is 0 Å². The van der Waals surface area contributed by atoms with Gasteiger partial charge in [-0.05, 0) is 30.0 Å². The zero-order valence-electron chi connectivity index (χ0n) is 11.3. The largest absolute Gasteiger partial charge is 0.324 e. The molecule has 0 aliphatic carbocycles. The molecule has 0 saturated heterocycles. The normalized spacial score (nSPS) is 14.5. The van der Waals surface area contributed by atoms with Crippen LogP contribution >= 0.6 is 27.5 Å². The Bertz CT molecular complexity index is 368. The Kier molecular flexibility index (Phi) is 7.28. The van der Waals surface area contributed by atoms with Crippen molar-refractivity contribution in [3.05, 3.63) is 33.3 Å². The first-order chi connectivity index (χ1) is 8.58. The van der Waals surface area contributed by atoms with Gasteiger partial charge >= 0.3 is 0 Å². The van der Waals surface area contributed by atoms with E-state index in [1.807, 2.05) is 18.2 Å². The number of rotatable bonds is 7. The lowest BCUT2D eigenvalue weighted by Gasteiger charge is -2.20. The van der Waals surface area contributed by atoms with Crippen LogP contribution in [0.15, 0.2) is 22.7 Å². The van der Waals surface area contributed by atoms with E-state index in [0.717, 1.165) is 21.5 Å². The van der Waals surface area contributed by atoms with Crippen molar-refractivity contribution in [2.45, 2.75) is 52.0 Å². The number of hydrogen-bond donors (Lipinski definition) is 1. The lowest BCUT2D eigenvalue weighted by Crippen LogP contribution is -2.15. The summed E-state index contributed by atoms with van der Waals surface area (Å²) in [6.07, 6.45) is 6.04. The minimum Gasteiger partial charge on any atom is -0.324 e. The number of nitrogens with two attached hydrogens (primary N) is 1. The highest BCUT2D eigenvalue weighted by molar-refractivity contribution is 9.10. The number of unbranched alkanes of at least 4 members (excludes halogenated alkanes) is 1. The molecule has 0 aliphatic rings. The maximum absolute atomic E-state index is 6.29. The van der Waals surface area contributed by atoms with Gasteiger partial charge < -0.3 is 5.73 Å². The van der Waals surface area contributed by atoms with Gasteiger partial charge in [0.05, 0.1) is 0 Å². The van der Waals surface area contributed by atoms with E-state index in [4.69, 9.17) is 17.3 Å². The molecule has 2 unspecified atom stereocenters. The Hall–Kier alpha value is -0.0500. The van der Waals surface area contributed by atoms with Crippen molar-refractivity contribution in [3.63, 3.8) is 0 Å². The highest BCUT2D eigenvalue weighted by atomic mass is 79.9. The summed E-state index contributed by atoms with van der Waals surface area (Å²) in [7, 11) is 0. The van der Waals surface area contributed by atoms with Crippen molar-refractivity contribution in [1.29, 1.82) is 0 Å². The molecule has 102 valence electrons. The minimum absolute atomic E-state index is 0.0485. The molecule has 0 amide bonds. The first-order valence-electron chi connectivity index (χ1n) is 6.79. The molecule has 0 heterocycles. The van der Waals surface area contributed by atoms with Gasteiger partial charge in [0, 0.05) is 15.5 Å². The molecule has 0 aliphatic heterocycles. The van der Waals surface area contributed by atoms with Crippen LogP contribution in [0.1, 0.15) is 57.6 Å². The number of hydrogen-bond acceptors (Lipinski definition) is 1. The van der Waals surface area contributed by atoms with Gasteiger partial charge in [-0.2, -0.15) is 0 Å². The predicted molar refractivity (Wildman–Crippen MR) is 84.0 cm³/mol. The van der Waals surface area contributed by atoms with Crippen molar-refractivity contribution >= 4 is 27.5 Å². The Morgan fingerprint density at radius 2 is 2.06 bits per heavy atom. The van der Waals surface area contributed by atoms with E-state index in [2.05, 4.69) is 29.8 Å². The fraction of sp³-hybridized carbons (Fsp3) is 0.600. The van der Waals surface area contributed by atoms with Gasteiger partial charge in [0.15, 0.2) is 0 Å². The average Bonchev–Trinajstić information content (AvgIpc) is 2.34. The summed E-state index contributed by atoms with van der Waals surface area (Å²) in [5.74, 6) is 0.708. The number of benzene rings is 1. The Morgan fingerprint density at radius 3 is 2.61 bits per heavy atom. The zero-order chi connectivity index (χ0) is 13.5. The third kappa shape index (κ3) is 4.91. The molecule has 2 atom stereocenters. The second-order valence-corrected chi connectivity index (χ2v) is 6.25. The first kappa shape index (κ1) is 16.0. The number of halogens is 2. The zero-order valence-corrected chi connectivity index (χ0v) is 13.6. The molecule has 1 rings (SSSR count). The summed E-state index contributed by atoms with van der Waals surface area (Å²) in [5, 5.41) is 0.766. The third-order valence-corrected chi connectivity index (χ3v) is 4.31. The highest BCUT2D eigenvalue weighted by Crippen LogP contribution is 2.30. The second kappa shape index (κ2) is 8.19. The van der Waals surface area contributed by atoms with E-state index in [1.165, 1.54) is 25.7 Å². The Morgan fingerprint density at radius 1 is 1.33 bits per heavy atom. The maximum Gasteiger partial charge on any atom is 0.0464 e. The SMILES string of the molecule is CCCCC(CC)CC(N)c1ccc(Br)cc1Cl. The lowest BCUT2D eigenvalue weighted by atomic mass is 9.89. The molecule has 2 N–H and O–H groups in total. The van der Waals surface area contributed by atoms with Crippen LogP contribution < -0.4 is 5.73 Å². The summed E-state index contributed by atoms with van der Waals surface area (Å²) in [6, 6.07) is 6.01. The van der Waals surface area contributed by atoms with Gasteiger partial charge in [0.2, 0.25) is 0 Å². The van der Waals surface area contributed by atoms with Crippen LogP contribution in [0.25, 0.3) is 0 Å². The molecule has 0 spiro atoms. The molecule has 0 bridgehead atoms. The Balaban J connectivity index is 2.65. The average molecular weight is 333 g/mol. The molecule has 1 aromatic rings. The van der Waals surface area contributed by atoms with Crippen molar-refractivity contribution in [1.82, 2.24) is 0 Å². The van der Waals surface area contributed by atoms with E-state index in [1.54, 1.807) is 0 Å². The molecule has 1 nitrogen and oxygen atoms in total. The molecular formula is C15H23BrClN. The molecule has 0 aromatic heterocycles. The van der Waals surface area contributed by atoms with Crippen molar-refractivity contribution in [3.8, 4) is 0 Å². The van der Waals surface area contributed by atoms with E-state index in [9.17, 15) is 0 Å². The van der Waals surface area contributed by atoms with E-state index in [-0.39, 0.29) is 6.04 Å². The van der Waals surface area contributed by atoms with Gasteiger partial charge in [-0.15, -0.1) is 0 Å². The lowest BCUT2D eigenvalue weighted by molar-refractivity contribution is 0.388. The van der Waals surface area contributed by atoms with Crippen LogP contribution in [0, 0.1) is 5.92 Å². The van der Waals surface area contributed by atoms with Crippen molar-refractivity contribution in [2.75, 3.05) is 0 Å². The monoisotopic (exact) mass is 331 g/mol. The van der Waals surface area contributed by atoms with Crippen LogP contribution in [-0.4, -0.2) is 0 Å². The van der Waals surface area contributed by atoms with Crippen LogP contribution in [0.5, 0.6) is 0 Å². The minimum atomic E-state index is 0.0485. The summed E-state index contributed by atoms with van der Waals surface area (Å²) in [5.41, 5.74) is 7.36. The van der Waals surface area contributed by atoms with Crippen molar-refractivity contribution in [2.24, 2.45) is 11.7 Å². The molecule has 0 saturated carbocycles. The standard InChI is InChI=1S/C15H23BrClN/c1-3-5-6-11(4-2)9-15(18)13-8-7-12(16)10-14(13)17/h7-8,10-11,15H,3-6,9,18H2,1-2H3. The summed E-state index contributed by atoms with van der Waals surface area (Å²) >= 11 is 9.66. The molecular weight excluding hydrogens is 310 g/mol. The molecule has 3 heteroatoms. The third-order valence-electron chi connectivity index (χ3n) is 3.49. The summed E-state index contributed by atoms with van der Waals surface area (Å²) in [6.45, 7) is 4.48. The van der Waals surface area contributed by atoms with E-state index < -0.39 is 0 Å². The topological polar surface area (TPSA) is 26.0 Å². The molecule has 1 aromatic carbocycles. The molecule has 0 radical (unpaired) electrons. The smallest absolute Gasteiger partial charge is 0.0464 e. The quantitative estimate of drug-likeness (QED) is 0.680. The van der Waals surface area contributed by atoms with Gasteiger partial charge in [-0.1, -0.05) is 73.1 Å². The summed E-state index contributed by atoms with van der Waals surface area (Å²) in [4.78, 5) is 0. The highest BCUT2D eigenvalue weighted by Gasteiger charge is 2.15. The first-order valence-corrected chi connectivity index (χ1v) is 7.96. The van der Waals surface area contributed by atoms with E-state index in [0.29, 0.717) is 5.92 Å². The van der Waals surface area contributed by atoms with E-state index >= 15 is 0 Å². The van der Waals surface area contributed by atoms with Crippen molar-refractivity contribution < 1.29 is 0 Å². The van der Waals surface area contributed by atoms with Gasteiger partial charge in [-0.3, -0.25) is 0 Å². The van der Waals surface area contributed by atoms with Gasteiger partial charge in [-0.25, -0.2) is 0 Å². The fourth-order valence-corrected chi connectivity index (χ4v) is 3.08. The van der Waals surface area contributed by atoms with Gasteiger partial charge in [0.25, 0.3) is 0 Å². The second-order valence-electron chi connectivity index (χ2n) is 4.92. The fourth-order valence-electron chi connectivity index (χ4n) is 2.27. The Labute approximate surface area is 124 Å². The predicted octanol–water partition coefficient (Wildman–Crippen LogP) is 5.71. The van der Waals surface area contributed by atoms with Crippen LogP contribution in [-0.2, 0) is 0 Å². The maximum atomic E-state index is 6.29.